The molecular weight excluding hydrogens is 305 g/mol. The first-order chi connectivity index (χ1) is 9.95. The topological polar surface area (TPSA) is 46.0 Å². The Bertz CT molecular complexity index is 847. The van der Waals surface area contributed by atoms with E-state index in [9.17, 15) is 18.3 Å². The molecule has 0 saturated carbocycles. The number of fused-ring (bicyclic) bond motifs is 1. The summed E-state index contributed by atoms with van der Waals surface area (Å²) in [7, 11) is 0. The van der Waals surface area contributed by atoms with Crippen LogP contribution >= 0.6 is 11.6 Å². The third kappa shape index (κ3) is 2.38. The van der Waals surface area contributed by atoms with E-state index in [-0.39, 0.29) is 22.3 Å². The van der Waals surface area contributed by atoms with Gasteiger partial charge in [0.15, 0.2) is 23.3 Å². The molecule has 0 aliphatic carbocycles. The number of phenols is 1. The van der Waals surface area contributed by atoms with Crippen LogP contribution in [0.5, 0.6) is 5.75 Å². The van der Waals surface area contributed by atoms with E-state index < -0.39 is 17.5 Å². The van der Waals surface area contributed by atoms with Crippen molar-refractivity contribution in [3.63, 3.8) is 0 Å². The first-order valence-electron chi connectivity index (χ1n) is 5.77. The average molecular weight is 311 g/mol. The SMILES string of the molecule is Oc1ccc2nc(-c3cc(F)c(F)c(F)c3)nc(Cl)c2c1. The Morgan fingerprint density at radius 3 is 2.29 bits per heavy atom. The summed E-state index contributed by atoms with van der Waals surface area (Å²) in [4.78, 5) is 8.01. The van der Waals surface area contributed by atoms with Crippen molar-refractivity contribution in [1.82, 2.24) is 9.97 Å². The van der Waals surface area contributed by atoms with E-state index in [1.165, 1.54) is 18.2 Å². The normalized spacial score (nSPS) is 11.0. The molecule has 0 radical (unpaired) electrons. The lowest BCUT2D eigenvalue weighted by atomic mass is 10.1. The van der Waals surface area contributed by atoms with Gasteiger partial charge < -0.3 is 5.11 Å². The van der Waals surface area contributed by atoms with Gasteiger partial charge >= 0.3 is 0 Å². The lowest BCUT2D eigenvalue weighted by Crippen LogP contribution is -1.96. The monoisotopic (exact) mass is 310 g/mol. The molecule has 1 heterocycles. The van der Waals surface area contributed by atoms with Gasteiger partial charge in [0, 0.05) is 10.9 Å². The average Bonchev–Trinajstić information content (AvgIpc) is 2.44. The summed E-state index contributed by atoms with van der Waals surface area (Å²) in [6.07, 6.45) is 0. The van der Waals surface area contributed by atoms with Crippen LogP contribution in [-0.4, -0.2) is 15.1 Å². The molecule has 21 heavy (non-hydrogen) atoms. The van der Waals surface area contributed by atoms with Crippen molar-refractivity contribution in [2.75, 3.05) is 0 Å². The smallest absolute Gasteiger partial charge is 0.194 e. The zero-order chi connectivity index (χ0) is 15.1. The van der Waals surface area contributed by atoms with Crippen LogP contribution in [0.4, 0.5) is 13.2 Å². The molecule has 0 spiro atoms. The Morgan fingerprint density at radius 1 is 0.952 bits per heavy atom. The molecule has 1 N–H and O–H groups in total. The Labute approximate surface area is 121 Å². The molecule has 1 aromatic heterocycles. The molecule has 0 bridgehead atoms. The number of hydrogen-bond acceptors (Lipinski definition) is 3. The fourth-order valence-electron chi connectivity index (χ4n) is 1.89. The van der Waals surface area contributed by atoms with Crippen LogP contribution in [0.15, 0.2) is 30.3 Å². The van der Waals surface area contributed by atoms with Crippen LogP contribution in [0.3, 0.4) is 0 Å². The maximum Gasteiger partial charge on any atom is 0.194 e. The number of benzene rings is 2. The van der Waals surface area contributed by atoms with Gasteiger partial charge in [-0.2, -0.15) is 0 Å². The maximum atomic E-state index is 13.3. The summed E-state index contributed by atoms with van der Waals surface area (Å²) in [5.74, 6) is -4.29. The van der Waals surface area contributed by atoms with E-state index in [0.29, 0.717) is 10.9 Å². The molecule has 0 unspecified atom stereocenters. The predicted octanol–water partition coefficient (Wildman–Crippen LogP) is 4.07. The molecule has 0 saturated heterocycles. The van der Waals surface area contributed by atoms with E-state index >= 15 is 0 Å². The van der Waals surface area contributed by atoms with Crippen molar-refractivity contribution in [1.29, 1.82) is 0 Å². The highest BCUT2D eigenvalue weighted by Gasteiger charge is 2.15. The van der Waals surface area contributed by atoms with Gasteiger partial charge in [0.1, 0.15) is 10.9 Å². The highest BCUT2D eigenvalue weighted by Crippen LogP contribution is 2.28. The fourth-order valence-corrected chi connectivity index (χ4v) is 2.12. The molecular formula is C14H6ClF3N2O. The largest absolute Gasteiger partial charge is 0.508 e. The number of phenolic OH excluding ortho intramolecular Hbond substituents is 1. The van der Waals surface area contributed by atoms with Crippen molar-refractivity contribution in [2.24, 2.45) is 0 Å². The van der Waals surface area contributed by atoms with E-state index in [1.54, 1.807) is 0 Å². The highest BCUT2D eigenvalue weighted by molar-refractivity contribution is 6.34. The standard InChI is InChI=1S/C14H6ClF3N2O/c15-13-8-5-7(21)1-2-11(8)19-14(20-13)6-3-9(16)12(18)10(17)4-6/h1-5,21H. The molecule has 0 atom stereocenters. The first-order valence-corrected chi connectivity index (χ1v) is 6.14. The summed E-state index contributed by atoms with van der Waals surface area (Å²) in [6, 6.07) is 5.82. The number of aromatic nitrogens is 2. The van der Waals surface area contributed by atoms with Crippen LogP contribution in [0.1, 0.15) is 0 Å². The van der Waals surface area contributed by atoms with Crippen molar-refractivity contribution in [2.45, 2.75) is 0 Å². The second-order valence-corrected chi connectivity index (χ2v) is 4.65. The van der Waals surface area contributed by atoms with Crippen molar-refractivity contribution in [3.05, 3.63) is 52.9 Å². The quantitative estimate of drug-likeness (QED) is 0.544. The van der Waals surface area contributed by atoms with Crippen LogP contribution < -0.4 is 0 Å². The van der Waals surface area contributed by atoms with Gasteiger partial charge in [0.25, 0.3) is 0 Å². The molecule has 2 aromatic carbocycles. The van der Waals surface area contributed by atoms with E-state index in [4.69, 9.17) is 11.6 Å². The Balaban J connectivity index is 2.24. The third-order valence-corrected chi connectivity index (χ3v) is 3.16. The third-order valence-electron chi connectivity index (χ3n) is 2.87. The Hall–Kier alpha value is -2.34. The number of hydrogen-bond donors (Lipinski definition) is 1. The van der Waals surface area contributed by atoms with Gasteiger partial charge in [-0.3, -0.25) is 0 Å². The molecule has 7 heteroatoms. The fraction of sp³-hybridized carbons (Fsp3) is 0. The van der Waals surface area contributed by atoms with Crippen molar-refractivity contribution >= 4 is 22.5 Å². The summed E-state index contributed by atoms with van der Waals surface area (Å²) >= 11 is 5.97. The second kappa shape index (κ2) is 4.89. The van der Waals surface area contributed by atoms with Crippen molar-refractivity contribution < 1.29 is 18.3 Å². The Morgan fingerprint density at radius 2 is 1.62 bits per heavy atom. The van der Waals surface area contributed by atoms with Crippen LogP contribution in [0.25, 0.3) is 22.3 Å². The van der Waals surface area contributed by atoms with Gasteiger partial charge in [-0.15, -0.1) is 0 Å². The molecule has 3 rings (SSSR count). The van der Waals surface area contributed by atoms with E-state index in [0.717, 1.165) is 12.1 Å². The minimum atomic E-state index is -1.56. The minimum Gasteiger partial charge on any atom is -0.508 e. The lowest BCUT2D eigenvalue weighted by molar-refractivity contribution is 0.447. The minimum absolute atomic E-state index is 0.0102. The van der Waals surface area contributed by atoms with E-state index in [2.05, 4.69) is 9.97 Å². The number of nitrogens with zero attached hydrogens (tertiary/aromatic N) is 2. The lowest BCUT2D eigenvalue weighted by Gasteiger charge is -2.06. The summed E-state index contributed by atoms with van der Waals surface area (Å²) in [5.41, 5.74) is 0.344. The molecule has 0 aliphatic rings. The Kier molecular flexibility index (Phi) is 3.17. The van der Waals surface area contributed by atoms with Gasteiger partial charge in [-0.1, -0.05) is 11.6 Å². The molecule has 0 amide bonds. The van der Waals surface area contributed by atoms with Crippen molar-refractivity contribution in [3.8, 4) is 17.1 Å². The molecule has 106 valence electrons. The summed E-state index contributed by atoms with van der Waals surface area (Å²) < 4.78 is 39.5. The second-order valence-electron chi connectivity index (χ2n) is 4.29. The van der Waals surface area contributed by atoms with Gasteiger partial charge in [0.05, 0.1) is 5.52 Å². The van der Waals surface area contributed by atoms with Crippen LogP contribution in [0.2, 0.25) is 5.15 Å². The molecule has 3 nitrogen and oxygen atoms in total. The number of rotatable bonds is 1. The zero-order valence-corrected chi connectivity index (χ0v) is 11.0. The molecule has 3 aromatic rings. The van der Waals surface area contributed by atoms with Crippen LogP contribution in [0, 0.1) is 17.5 Å². The van der Waals surface area contributed by atoms with Crippen LogP contribution in [-0.2, 0) is 0 Å². The maximum absolute atomic E-state index is 13.3. The zero-order valence-electron chi connectivity index (χ0n) is 10.2. The molecule has 0 aliphatic heterocycles. The van der Waals surface area contributed by atoms with Gasteiger partial charge in [-0.05, 0) is 30.3 Å². The van der Waals surface area contributed by atoms with Gasteiger partial charge in [0.2, 0.25) is 0 Å². The predicted molar refractivity (Wildman–Crippen MR) is 71.5 cm³/mol. The number of halogens is 4. The summed E-state index contributed by atoms with van der Waals surface area (Å²) in [6.45, 7) is 0. The summed E-state index contributed by atoms with van der Waals surface area (Å²) in [5, 5.41) is 9.79. The molecule has 0 fully saturated rings. The number of aromatic hydroxyl groups is 1. The first kappa shape index (κ1) is 13.6. The highest BCUT2D eigenvalue weighted by atomic mass is 35.5. The van der Waals surface area contributed by atoms with E-state index in [1.807, 2.05) is 0 Å². The van der Waals surface area contributed by atoms with Gasteiger partial charge in [-0.25, -0.2) is 23.1 Å².